The van der Waals surface area contributed by atoms with Gasteiger partial charge in [0.2, 0.25) is 0 Å². The number of aromatic nitrogens is 2. The van der Waals surface area contributed by atoms with E-state index < -0.39 is 0 Å². The van der Waals surface area contributed by atoms with Crippen LogP contribution in [0.4, 0.5) is 0 Å². The highest BCUT2D eigenvalue weighted by Gasteiger charge is 2.13. The van der Waals surface area contributed by atoms with E-state index in [2.05, 4.69) is 67.4 Å². The van der Waals surface area contributed by atoms with Gasteiger partial charge in [0.1, 0.15) is 0 Å². The average molecular weight is 450 g/mol. The van der Waals surface area contributed by atoms with E-state index in [-0.39, 0.29) is 24.0 Å². The molecule has 6 nitrogen and oxygen atoms in total. The Kier molecular flexibility index (Phi) is 11.3. The molecule has 0 amide bonds. The van der Waals surface area contributed by atoms with E-state index in [1.807, 2.05) is 11.7 Å². The third-order valence-corrected chi connectivity index (χ3v) is 3.93. The van der Waals surface area contributed by atoms with Crippen LogP contribution in [0.2, 0.25) is 0 Å². The van der Waals surface area contributed by atoms with Crippen LogP contribution in [-0.4, -0.2) is 60.4 Å². The molecule has 140 valence electrons. The Hall–Kier alpha value is -0.830. The highest BCUT2D eigenvalue weighted by Crippen LogP contribution is 2.14. The Labute approximate surface area is 164 Å². The summed E-state index contributed by atoms with van der Waals surface area (Å²) >= 11 is 0. The summed E-state index contributed by atoms with van der Waals surface area (Å²) in [6.45, 7) is 11.3. The molecule has 0 aromatic carbocycles. The number of guanidine groups is 1. The second-order valence-electron chi connectivity index (χ2n) is 6.44. The first kappa shape index (κ1) is 23.2. The van der Waals surface area contributed by atoms with Gasteiger partial charge in [-0.3, -0.25) is 9.67 Å². The number of aliphatic imine (C=N–C) groups is 1. The number of nitrogens with one attached hydrogen (secondary N) is 2. The molecule has 7 heteroatoms. The van der Waals surface area contributed by atoms with E-state index in [9.17, 15) is 0 Å². The van der Waals surface area contributed by atoms with Gasteiger partial charge >= 0.3 is 0 Å². The molecule has 0 aliphatic rings. The molecule has 24 heavy (non-hydrogen) atoms. The molecule has 0 bridgehead atoms. The summed E-state index contributed by atoms with van der Waals surface area (Å²) in [6.07, 6.45) is 2.02. The normalized spacial score (nSPS) is 12.9. The molecular weight excluding hydrogens is 415 g/mol. The highest BCUT2D eigenvalue weighted by atomic mass is 127. The smallest absolute Gasteiger partial charge is 0.191 e. The first-order chi connectivity index (χ1) is 10.8. The van der Waals surface area contributed by atoms with Crippen LogP contribution >= 0.6 is 24.0 Å². The first-order valence-electron chi connectivity index (χ1n) is 8.53. The lowest BCUT2D eigenvalue weighted by atomic mass is 10.1. The van der Waals surface area contributed by atoms with E-state index in [1.165, 1.54) is 11.3 Å². The van der Waals surface area contributed by atoms with Crippen molar-refractivity contribution in [2.75, 3.05) is 33.7 Å². The fraction of sp³-hybridized carbons (Fsp3) is 0.765. The van der Waals surface area contributed by atoms with Crippen molar-refractivity contribution in [2.45, 2.75) is 46.6 Å². The third kappa shape index (κ3) is 7.83. The van der Waals surface area contributed by atoms with Crippen molar-refractivity contribution < 1.29 is 0 Å². The van der Waals surface area contributed by atoms with Crippen molar-refractivity contribution in [2.24, 2.45) is 12.0 Å². The van der Waals surface area contributed by atoms with E-state index in [1.54, 1.807) is 0 Å². The summed E-state index contributed by atoms with van der Waals surface area (Å²) in [4.78, 5) is 6.85. The van der Waals surface area contributed by atoms with E-state index >= 15 is 0 Å². The van der Waals surface area contributed by atoms with Crippen LogP contribution < -0.4 is 10.6 Å². The molecule has 1 heterocycles. The molecule has 0 radical (unpaired) electrons. The van der Waals surface area contributed by atoms with Crippen LogP contribution in [0.15, 0.2) is 4.99 Å². The molecule has 1 aromatic heterocycles. The number of nitrogens with zero attached hydrogens (tertiary/aromatic N) is 4. The van der Waals surface area contributed by atoms with Crippen LogP contribution in [0.1, 0.15) is 37.2 Å². The van der Waals surface area contributed by atoms with Crippen LogP contribution in [0, 0.1) is 13.8 Å². The van der Waals surface area contributed by atoms with Crippen molar-refractivity contribution in [1.29, 1.82) is 0 Å². The summed E-state index contributed by atoms with van der Waals surface area (Å²) in [5.41, 5.74) is 3.69. The molecule has 1 atom stereocenters. The number of hydrogen-bond acceptors (Lipinski definition) is 3. The maximum absolute atomic E-state index is 4.66. The van der Waals surface area contributed by atoms with E-state index in [4.69, 9.17) is 0 Å². The monoisotopic (exact) mass is 450 g/mol. The zero-order valence-corrected chi connectivity index (χ0v) is 18.6. The molecule has 1 rings (SSSR count). The number of rotatable bonds is 8. The van der Waals surface area contributed by atoms with Crippen LogP contribution in [0.25, 0.3) is 0 Å². The lowest BCUT2D eigenvalue weighted by molar-refractivity contribution is 0.403. The Morgan fingerprint density at radius 3 is 2.50 bits per heavy atom. The summed E-state index contributed by atoms with van der Waals surface area (Å²) in [6, 6.07) is 0.309. The maximum Gasteiger partial charge on any atom is 0.191 e. The molecule has 0 fully saturated rings. The Bertz CT molecular complexity index is 509. The molecule has 0 spiro atoms. The van der Waals surface area contributed by atoms with Crippen molar-refractivity contribution >= 4 is 29.9 Å². The Balaban J connectivity index is 0.00000529. The lowest BCUT2D eigenvalue weighted by Crippen LogP contribution is -2.43. The SMILES string of the molecule is CCNC(=NCCCN(C)C)NC(C)Cc1c(C)nn(C)c1C.I. The van der Waals surface area contributed by atoms with Gasteiger partial charge in [-0.1, -0.05) is 0 Å². The molecule has 1 unspecified atom stereocenters. The van der Waals surface area contributed by atoms with Crippen molar-refractivity contribution in [3.63, 3.8) is 0 Å². The Morgan fingerprint density at radius 2 is 2.00 bits per heavy atom. The molecular formula is C17H35IN6. The van der Waals surface area contributed by atoms with Gasteiger partial charge in [0, 0.05) is 31.9 Å². The summed E-state index contributed by atoms with van der Waals surface area (Å²) < 4.78 is 1.96. The van der Waals surface area contributed by atoms with Gasteiger partial charge in [-0.05, 0) is 66.7 Å². The van der Waals surface area contributed by atoms with Crippen molar-refractivity contribution in [3.05, 3.63) is 17.0 Å². The van der Waals surface area contributed by atoms with E-state index in [0.717, 1.165) is 44.1 Å². The minimum Gasteiger partial charge on any atom is -0.357 e. The minimum absolute atomic E-state index is 0. The van der Waals surface area contributed by atoms with Gasteiger partial charge in [-0.2, -0.15) is 5.10 Å². The van der Waals surface area contributed by atoms with Gasteiger partial charge in [0.25, 0.3) is 0 Å². The summed E-state index contributed by atoms with van der Waals surface area (Å²) in [5, 5.41) is 11.3. The van der Waals surface area contributed by atoms with Gasteiger partial charge in [0.05, 0.1) is 5.69 Å². The number of halogens is 1. The van der Waals surface area contributed by atoms with Gasteiger partial charge in [-0.25, -0.2) is 0 Å². The fourth-order valence-corrected chi connectivity index (χ4v) is 2.60. The first-order valence-corrected chi connectivity index (χ1v) is 8.53. The standard InChI is InChI=1S/C17H34N6.HI/c1-8-18-17(19-10-9-11-22(5)6)20-13(2)12-16-14(3)21-23(7)15(16)4;/h13H,8-12H2,1-7H3,(H2,18,19,20);1H. The van der Waals surface area contributed by atoms with E-state index in [0.29, 0.717) is 6.04 Å². The topological polar surface area (TPSA) is 57.5 Å². The zero-order valence-electron chi connectivity index (χ0n) is 16.3. The molecule has 0 aliphatic heterocycles. The molecule has 0 saturated carbocycles. The van der Waals surface area contributed by atoms with Crippen molar-refractivity contribution in [1.82, 2.24) is 25.3 Å². The van der Waals surface area contributed by atoms with Crippen LogP contribution in [0.5, 0.6) is 0 Å². The minimum atomic E-state index is 0. The quantitative estimate of drug-likeness (QED) is 0.276. The Morgan fingerprint density at radius 1 is 1.33 bits per heavy atom. The number of hydrogen-bond donors (Lipinski definition) is 2. The van der Waals surface area contributed by atoms with Gasteiger partial charge in [-0.15, -0.1) is 24.0 Å². The fourth-order valence-electron chi connectivity index (χ4n) is 2.60. The molecule has 2 N–H and O–H groups in total. The predicted octanol–water partition coefficient (Wildman–Crippen LogP) is 2.09. The second kappa shape index (κ2) is 11.7. The van der Waals surface area contributed by atoms with Crippen LogP contribution in [-0.2, 0) is 13.5 Å². The van der Waals surface area contributed by atoms with Crippen LogP contribution in [0.3, 0.4) is 0 Å². The molecule has 0 saturated heterocycles. The number of aryl methyl sites for hydroxylation is 2. The highest BCUT2D eigenvalue weighted by molar-refractivity contribution is 14.0. The second-order valence-corrected chi connectivity index (χ2v) is 6.44. The largest absolute Gasteiger partial charge is 0.357 e. The summed E-state index contributed by atoms with van der Waals surface area (Å²) in [7, 11) is 6.18. The zero-order chi connectivity index (χ0) is 17.4. The summed E-state index contributed by atoms with van der Waals surface area (Å²) in [5.74, 6) is 0.901. The van der Waals surface area contributed by atoms with Gasteiger partial charge < -0.3 is 15.5 Å². The predicted molar refractivity (Wildman–Crippen MR) is 114 cm³/mol. The third-order valence-electron chi connectivity index (χ3n) is 3.93. The maximum atomic E-state index is 4.66. The lowest BCUT2D eigenvalue weighted by Gasteiger charge is -2.18. The molecule has 0 aliphatic carbocycles. The average Bonchev–Trinajstić information content (AvgIpc) is 2.70. The van der Waals surface area contributed by atoms with Crippen molar-refractivity contribution in [3.8, 4) is 0 Å². The molecule has 1 aromatic rings. The van der Waals surface area contributed by atoms with Gasteiger partial charge in [0.15, 0.2) is 5.96 Å².